The van der Waals surface area contributed by atoms with E-state index in [1.165, 1.54) is 6.92 Å². The number of aliphatic carboxylic acids is 3. The van der Waals surface area contributed by atoms with Crippen LogP contribution in [0.2, 0.25) is 0 Å². The van der Waals surface area contributed by atoms with Gasteiger partial charge in [0.15, 0.2) is 5.78 Å². The van der Waals surface area contributed by atoms with Crippen LogP contribution in [0, 0.1) is 17.8 Å². The lowest BCUT2D eigenvalue weighted by Gasteiger charge is -2.14. The van der Waals surface area contributed by atoms with Crippen LogP contribution >= 0.6 is 0 Å². The van der Waals surface area contributed by atoms with Gasteiger partial charge in [0.2, 0.25) is 23.6 Å². The molecule has 402 valence electrons. The molecule has 0 rings (SSSR count). The number of amides is 4. The number of ketones is 3. The number of hydrogen-bond acceptors (Lipinski definition) is 14. The van der Waals surface area contributed by atoms with Crippen molar-refractivity contribution in [2.75, 3.05) is 72.5 Å². The lowest BCUT2D eigenvalue weighted by Crippen LogP contribution is -2.41. The minimum atomic E-state index is -1.21. The molecule has 0 saturated carbocycles. The lowest BCUT2D eigenvalue weighted by molar-refractivity contribution is -0.145. The molecule has 0 aliphatic rings. The van der Waals surface area contributed by atoms with Crippen LogP contribution < -0.4 is 21.3 Å². The summed E-state index contributed by atoms with van der Waals surface area (Å²) in [5.74, 6) is -6.58. The lowest BCUT2D eigenvalue weighted by atomic mass is 9.89. The van der Waals surface area contributed by atoms with Gasteiger partial charge in [0.05, 0.1) is 45.6 Å². The third-order valence-corrected chi connectivity index (χ3v) is 11.2. The van der Waals surface area contributed by atoms with Crippen molar-refractivity contribution in [3.05, 3.63) is 0 Å². The first-order valence-electron chi connectivity index (χ1n) is 25.0. The maximum Gasteiger partial charge on any atom is 0.326 e. The average Bonchev–Trinajstić information content (AvgIpc) is 3.30. The zero-order valence-corrected chi connectivity index (χ0v) is 42.0. The topological polar surface area (TPSA) is 316 Å². The summed E-state index contributed by atoms with van der Waals surface area (Å²) >= 11 is 0. The monoisotopic (exact) mass is 1000 g/mol. The Bertz CT molecular complexity index is 1560. The largest absolute Gasteiger partial charge is 0.481 e. The van der Waals surface area contributed by atoms with Crippen LogP contribution in [0.5, 0.6) is 0 Å². The van der Waals surface area contributed by atoms with E-state index in [1.54, 1.807) is 13.8 Å². The van der Waals surface area contributed by atoms with Crippen molar-refractivity contribution in [3.63, 3.8) is 0 Å². The standard InChI is InChI=1S/C49H84N4O17/c1-36(2)42(56)33-38(37(3)54)16-14-15-23-50-43(57)21-19-39(48(63)64)32-40(55)34-69-30-28-68-27-25-52-46(60)35-70-31-29-67-26-24-51-44(58)22-20-41(49(65)66)53-45(59)17-12-10-8-6-4-5-7-9-11-13-18-47(61)62/h36,38-39,41H,4-35H2,1-3H3,(H,50,57)(H,51,58)(H,52,60)(H,53,59)(H,61,62)(H,63,64)(H,65,66)/t38-,39-,41+/m1/s1. The van der Waals surface area contributed by atoms with Gasteiger partial charge >= 0.3 is 17.9 Å². The number of unbranched alkanes of at least 4 members (excludes halogenated alkanes) is 10. The predicted molar refractivity (Wildman–Crippen MR) is 257 cm³/mol. The van der Waals surface area contributed by atoms with Crippen molar-refractivity contribution in [3.8, 4) is 0 Å². The molecule has 0 aromatic rings. The van der Waals surface area contributed by atoms with Gasteiger partial charge < -0.3 is 55.5 Å². The first kappa shape index (κ1) is 65.1. The van der Waals surface area contributed by atoms with Crippen LogP contribution in [0.15, 0.2) is 0 Å². The van der Waals surface area contributed by atoms with Gasteiger partial charge in [-0.2, -0.15) is 0 Å². The number of carboxylic acid groups (broad SMARTS) is 3. The maximum absolute atomic E-state index is 12.3. The van der Waals surface area contributed by atoms with Crippen molar-refractivity contribution in [1.82, 2.24) is 21.3 Å². The second-order valence-corrected chi connectivity index (χ2v) is 17.8. The van der Waals surface area contributed by atoms with E-state index in [4.69, 9.17) is 24.1 Å². The average molecular weight is 1000 g/mol. The van der Waals surface area contributed by atoms with Crippen molar-refractivity contribution in [2.24, 2.45) is 17.8 Å². The molecule has 0 saturated heterocycles. The summed E-state index contributed by atoms with van der Waals surface area (Å²) in [6, 6.07) is -1.18. The Hall–Kier alpha value is -4.86. The summed E-state index contributed by atoms with van der Waals surface area (Å²) < 4.78 is 21.3. The molecule has 0 bridgehead atoms. The van der Waals surface area contributed by atoms with Crippen molar-refractivity contribution in [2.45, 2.75) is 162 Å². The molecule has 4 amide bonds. The fraction of sp³-hybridized carbons (Fsp3) is 0.796. The van der Waals surface area contributed by atoms with Crippen LogP contribution in [-0.4, -0.2) is 153 Å². The molecule has 0 aromatic heterocycles. The van der Waals surface area contributed by atoms with Gasteiger partial charge in [0, 0.05) is 70.0 Å². The SMILES string of the molecule is CC(=O)[C@H](CCCCNC(=O)CC[C@H](CC(=O)COCCOCCNC(=O)COCCOCCNC(=O)CC[C@H](NC(=O)CCCCCCCCCCCCC(=O)O)C(=O)O)C(=O)O)CC(=O)C(C)C. The molecule has 70 heavy (non-hydrogen) atoms. The number of carboxylic acids is 3. The first-order valence-corrected chi connectivity index (χ1v) is 25.0. The number of rotatable bonds is 49. The highest BCUT2D eigenvalue weighted by molar-refractivity contribution is 5.88. The Labute approximate surface area is 413 Å². The number of nitrogens with one attached hydrogen (secondary N) is 4. The van der Waals surface area contributed by atoms with Gasteiger partial charge in [-0.15, -0.1) is 0 Å². The highest BCUT2D eigenvalue weighted by Crippen LogP contribution is 2.18. The van der Waals surface area contributed by atoms with Gasteiger partial charge in [-0.1, -0.05) is 71.6 Å². The van der Waals surface area contributed by atoms with Gasteiger partial charge in [-0.25, -0.2) is 4.79 Å². The normalized spacial score (nSPS) is 12.4. The molecule has 0 aromatic carbocycles. The van der Waals surface area contributed by atoms with Gasteiger partial charge in [-0.3, -0.25) is 43.2 Å². The van der Waals surface area contributed by atoms with Crippen LogP contribution in [0.1, 0.15) is 156 Å². The molecular weight excluding hydrogens is 917 g/mol. The Morgan fingerprint density at radius 3 is 1.47 bits per heavy atom. The fourth-order valence-electron chi connectivity index (χ4n) is 6.94. The summed E-state index contributed by atoms with van der Waals surface area (Å²) in [5, 5.41) is 38.2. The van der Waals surface area contributed by atoms with Crippen molar-refractivity contribution < 1.29 is 82.2 Å². The summed E-state index contributed by atoms with van der Waals surface area (Å²) in [5.41, 5.74) is 0. The number of Topliss-reactive ketones (excluding diaryl/α,β-unsaturated/α-hetero) is 3. The molecule has 0 aliphatic heterocycles. The van der Waals surface area contributed by atoms with Crippen molar-refractivity contribution in [1.29, 1.82) is 0 Å². The summed E-state index contributed by atoms with van der Waals surface area (Å²) in [4.78, 5) is 119. The van der Waals surface area contributed by atoms with Crippen LogP contribution in [0.3, 0.4) is 0 Å². The molecule has 21 nitrogen and oxygen atoms in total. The molecule has 3 atom stereocenters. The van der Waals surface area contributed by atoms with E-state index in [0.29, 0.717) is 38.6 Å². The van der Waals surface area contributed by atoms with E-state index in [9.17, 15) is 58.2 Å². The maximum atomic E-state index is 12.3. The molecule has 0 fully saturated rings. The van der Waals surface area contributed by atoms with Gasteiger partial charge in [0.25, 0.3) is 0 Å². The minimum absolute atomic E-state index is 0.0233. The summed E-state index contributed by atoms with van der Waals surface area (Å²) in [6.07, 6.45) is 11.4. The smallest absolute Gasteiger partial charge is 0.326 e. The zero-order chi connectivity index (χ0) is 52.4. The minimum Gasteiger partial charge on any atom is -0.481 e. The third-order valence-electron chi connectivity index (χ3n) is 11.2. The van der Waals surface area contributed by atoms with E-state index < -0.39 is 35.7 Å². The summed E-state index contributed by atoms with van der Waals surface area (Å²) in [7, 11) is 0. The Balaban J connectivity index is 3.89. The zero-order valence-electron chi connectivity index (χ0n) is 42.0. The second kappa shape index (κ2) is 43.0. The number of carbonyl (C=O) groups excluding carboxylic acids is 7. The molecule has 0 spiro atoms. The number of hydrogen-bond donors (Lipinski definition) is 7. The van der Waals surface area contributed by atoms with Gasteiger partial charge in [-0.05, 0) is 45.4 Å². The van der Waals surface area contributed by atoms with Gasteiger partial charge in [0.1, 0.15) is 30.8 Å². The summed E-state index contributed by atoms with van der Waals surface area (Å²) in [6.45, 7) is 6.02. The number of ether oxygens (including phenoxy) is 4. The second-order valence-electron chi connectivity index (χ2n) is 17.8. The van der Waals surface area contributed by atoms with Crippen LogP contribution in [0.25, 0.3) is 0 Å². The van der Waals surface area contributed by atoms with Crippen LogP contribution in [-0.2, 0) is 66.9 Å². The molecule has 21 heteroatoms. The quantitative estimate of drug-likeness (QED) is 0.0424. The van der Waals surface area contributed by atoms with Crippen LogP contribution in [0.4, 0.5) is 0 Å². The van der Waals surface area contributed by atoms with E-state index in [0.717, 1.165) is 51.4 Å². The van der Waals surface area contributed by atoms with Crippen molar-refractivity contribution >= 4 is 58.9 Å². The number of carbonyl (C=O) groups is 10. The Morgan fingerprint density at radius 2 is 0.943 bits per heavy atom. The van der Waals surface area contributed by atoms with E-state index in [-0.39, 0.29) is 164 Å². The molecule has 7 N–H and O–H groups in total. The fourth-order valence-corrected chi connectivity index (χ4v) is 6.94. The highest BCUT2D eigenvalue weighted by Gasteiger charge is 2.24. The van der Waals surface area contributed by atoms with E-state index >= 15 is 0 Å². The Kier molecular flexibility index (Phi) is 40.0. The molecular formula is C49H84N4O17. The molecule has 0 radical (unpaired) electrons. The molecule has 0 unspecified atom stereocenters. The predicted octanol–water partition coefficient (Wildman–Crippen LogP) is 3.95. The van der Waals surface area contributed by atoms with E-state index in [1.807, 2.05) is 0 Å². The molecule has 0 aliphatic carbocycles. The van der Waals surface area contributed by atoms with E-state index in [2.05, 4.69) is 21.3 Å². The Morgan fingerprint density at radius 1 is 0.443 bits per heavy atom. The highest BCUT2D eigenvalue weighted by atomic mass is 16.5. The first-order chi connectivity index (χ1) is 33.4. The molecule has 0 heterocycles. The third kappa shape index (κ3) is 39.9.